The number of aryl methyl sites for hydroxylation is 1. The smallest absolute Gasteiger partial charge is 0.223 e. The summed E-state index contributed by atoms with van der Waals surface area (Å²) in [6, 6.07) is 8.68. The Morgan fingerprint density at radius 2 is 1.83 bits per heavy atom. The van der Waals surface area contributed by atoms with Gasteiger partial charge in [0.25, 0.3) is 0 Å². The SMILES string of the molecule is Cc1ccc(-n2cc3cncc(N4CCC(C(=O)NC5CN(C)C5)CC4)c3n2)cc1. The molecule has 1 amide bonds. The molecule has 2 aromatic heterocycles. The van der Waals surface area contributed by atoms with E-state index in [-0.39, 0.29) is 11.8 Å². The van der Waals surface area contributed by atoms with E-state index in [1.54, 1.807) is 0 Å². The number of anilines is 1. The number of fused-ring (bicyclic) bond motifs is 1. The van der Waals surface area contributed by atoms with Gasteiger partial charge < -0.3 is 15.1 Å². The average Bonchev–Trinajstić information content (AvgIpc) is 3.17. The predicted octanol–water partition coefficient (Wildman–Crippen LogP) is 2.38. The molecule has 156 valence electrons. The molecule has 4 heterocycles. The zero-order chi connectivity index (χ0) is 20.7. The Kier molecular flexibility index (Phi) is 4.90. The van der Waals surface area contributed by atoms with Crippen molar-refractivity contribution in [1.29, 1.82) is 0 Å². The highest BCUT2D eigenvalue weighted by molar-refractivity contribution is 5.90. The zero-order valence-electron chi connectivity index (χ0n) is 17.6. The summed E-state index contributed by atoms with van der Waals surface area (Å²) < 4.78 is 1.92. The standard InChI is InChI=1S/C23H28N6O/c1-16-3-5-20(6-4-16)29-13-18-11-24-12-21(22(18)26-29)28-9-7-17(8-10-28)23(30)25-19-14-27(2)15-19/h3-6,11-13,17,19H,7-10,14-15H2,1-2H3,(H,25,30). The molecule has 1 N–H and O–H groups in total. The minimum Gasteiger partial charge on any atom is -0.368 e. The summed E-state index contributed by atoms with van der Waals surface area (Å²) in [7, 11) is 2.08. The molecule has 0 unspecified atom stereocenters. The molecule has 0 saturated carbocycles. The van der Waals surface area contributed by atoms with Gasteiger partial charge in [-0.2, -0.15) is 5.10 Å². The highest BCUT2D eigenvalue weighted by Crippen LogP contribution is 2.29. The molecule has 0 aliphatic carbocycles. The lowest BCUT2D eigenvalue weighted by atomic mass is 9.94. The van der Waals surface area contributed by atoms with Crippen molar-refractivity contribution in [3.63, 3.8) is 0 Å². The summed E-state index contributed by atoms with van der Waals surface area (Å²) in [6.45, 7) is 5.70. The molecule has 0 spiro atoms. The molecule has 7 nitrogen and oxygen atoms in total. The molecule has 2 fully saturated rings. The first-order valence-electron chi connectivity index (χ1n) is 10.7. The van der Waals surface area contributed by atoms with E-state index in [0.29, 0.717) is 6.04 Å². The number of piperidine rings is 1. The summed E-state index contributed by atoms with van der Waals surface area (Å²) in [5, 5.41) is 9.09. The van der Waals surface area contributed by atoms with Gasteiger partial charge in [0.05, 0.1) is 23.6 Å². The maximum absolute atomic E-state index is 12.6. The number of pyridine rings is 1. The van der Waals surface area contributed by atoms with Gasteiger partial charge in [-0.1, -0.05) is 17.7 Å². The normalized spacial score (nSPS) is 18.5. The van der Waals surface area contributed by atoms with Crippen molar-refractivity contribution < 1.29 is 4.79 Å². The third-order valence-electron chi connectivity index (χ3n) is 6.31. The molecular formula is C23H28N6O. The van der Waals surface area contributed by atoms with Crippen LogP contribution in [0.5, 0.6) is 0 Å². The number of carbonyl (C=O) groups is 1. The number of carbonyl (C=O) groups excluding carboxylic acids is 1. The van der Waals surface area contributed by atoms with Gasteiger partial charge in [-0.3, -0.25) is 9.78 Å². The number of likely N-dealkylation sites (tertiary alicyclic amines) is 1. The zero-order valence-corrected chi connectivity index (χ0v) is 17.6. The largest absolute Gasteiger partial charge is 0.368 e. The summed E-state index contributed by atoms with van der Waals surface area (Å²) in [4.78, 5) is 21.6. The Bertz CT molecular complexity index is 1050. The number of amides is 1. The van der Waals surface area contributed by atoms with E-state index < -0.39 is 0 Å². The summed E-state index contributed by atoms with van der Waals surface area (Å²) in [5.74, 6) is 0.317. The topological polar surface area (TPSA) is 66.3 Å². The lowest BCUT2D eigenvalue weighted by molar-refractivity contribution is -0.127. The van der Waals surface area contributed by atoms with Crippen molar-refractivity contribution in [2.24, 2.45) is 5.92 Å². The maximum Gasteiger partial charge on any atom is 0.223 e. The molecule has 2 aliphatic heterocycles. The van der Waals surface area contributed by atoms with E-state index >= 15 is 0 Å². The highest BCUT2D eigenvalue weighted by atomic mass is 16.2. The van der Waals surface area contributed by atoms with Gasteiger partial charge in [0, 0.05) is 49.9 Å². The van der Waals surface area contributed by atoms with Gasteiger partial charge in [-0.15, -0.1) is 0 Å². The summed E-state index contributed by atoms with van der Waals surface area (Å²) in [6.07, 6.45) is 7.53. The van der Waals surface area contributed by atoms with Crippen LogP contribution in [0.2, 0.25) is 0 Å². The summed E-state index contributed by atoms with van der Waals surface area (Å²) >= 11 is 0. The van der Waals surface area contributed by atoms with Gasteiger partial charge in [-0.25, -0.2) is 4.68 Å². The van der Waals surface area contributed by atoms with Crippen molar-refractivity contribution in [2.45, 2.75) is 25.8 Å². The molecule has 30 heavy (non-hydrogen) atoms. The molecule has 0 bridgehead atoms. The first kappa shape index (κ1) is 19.1. The number of hydrogen-bond acceptors (Lipinski definition) is 5. The van der Waals surface area contributed by atoms with Crippen LogP contribution in [0.3, 0.4) is 0 Å². The Morgan fingerprint density at radius 1 is 1.10 bits per heavy atom. The van der Waals surface area contributed by atoms with Gasteiger partial charge >= 0.3 is 0 Å². The number of aromatic nitrogens is 3. The second-order valence-electron chi connectivity index (χ2n) is 8.69. The van der Waals surface area contributed by atoms with Crippen LogP contribution in [0, 0.1) is 12.8 Å². The number of hydrogen-bond donors (Lipinski definition) is 1. The van der Waals surface area contributed by atoms with Crippen LogP contribution in [0.25, 0.3) is 16.6 Å². The minimum atomic E-state index is 0.101. The first-order chi connectivity index (χ1) is 14.6. The number of benzene rings is 1. The first-order valence-corrected chi connectivity index (χ1v) is 10.7. The average molecular weight is 405 g/mol. The second kappa shape index (κ2) is 7.72. The van der Waals surface area contributed by atoms with Gasteiger partial charge in [-0.05, 0) is 38.9 Å². The van der Waals surface area contributed by atoms with Crippen molar-refractivity contribution in [3.05, 3.63) is 48.4 Å². The molecule has 5 rings (SSSR count). The van der Waals surface area contributed by atoms with E-state index in [2.05, 4.69) is 58.3 Å². The van der Waals surface area contributed by atoms with E-state index in [1.807, 2.05) is 23.3 Å². The van der Waals surface area contributed by atoms with Crippen LogP contribution in [-0.4, -0.2) is 64.8 Å². The van der Waals surface area contributed by atoms with Gasteiger partial charge in [0.15, 0.2) is 0 Å². The molecular weight excluding hydrogens is 376 g/mol. The van der Waals surface area contributed by atoms with Crippen molar-refractivity contribution >= 4 is 22.5 Å². The van der Waals surface area contributed by atoms with Crippen LogP contribution in [0.1, 0.15) is 18.4 Å². The molecule has 0 atom stereocenters. The van der Waals surface area contributed by atoms with Gasteiger partial charge in [0.1, 0.15) is 5.52 Å². The van der Waals surface area contributed by atoms with E-state index in [9.17, 15) is 4.79 Å². The Balaban J connectivity index is 1.29. The number of nitrogens with zero attached hydrogens (tertiary/aromatic N) is 5. The van der Waals surface area contributed by atoms with Crippen molar-refractivity contribution in [3.8, 4) is 5.69 Å². The molecule has 2 aliphatic rings. The van der Waals surface area contributed by atoms with E-state index in [0.717, 1.165) is 61.3 Å². The number of nitrogens with one attached hydrogen (secondary N) is 1. The fourth-order valence-corrected chi connectivity index (χ4v) is 4.48. The lowest BCUT2D eigenvalue weighted by Crippen LogP contribution is -2.58. The second-order valence-corrected chi connectivity index (χ2v) is 8.69. The lowest BCUT2D eigenvalue weighted by Gasteiger charge is -2.38. The molecule has 0 radical (unpaired) electrons. The quantitative estimate of drug-likeness (QED) is 0.723. The van der Waals surface area contributed by atoms with Crippen LogP contribution in [0.4, 0.5) is 5.69 Å². The highest BCUT2D eigenvalue weighted by Gasteiger charge is 2.30. The van der Waals surface area contributed by atoms with Crippen LogP contribution >= 0.6 is 0 Å². The Hall–Kier alpha value is -2.93. The van der Waals surface area contributed by atoms with Crippen LogP contribution in [-0.2, 0) is 4.79 Å². The molecule has 3 aromatic rings. The minimum absolute atomic E-state index is 0.101. The van der Waals surface area contributed by atoms with Crippen LogP contribution in [0.15, 0.2) is 42.9 Å². The van der Waals surface area contributed by atoms with Crippen molar-refractivity contribution in [2.75, 3.05) is 38.1 Å². The molecule has 2 saturated heterocycles. The predicted molar refractivity (Wildman–Crippen MR) is 118 cm³/mol. The fraction of sp³-hybridized carbons (Fsp3) is 0.435. The monoisotopic (exact) mass is 404 g/mol. The molecule has 7 heteroatoms. The van der Waals surface area contributed by atoms with E-state index in [1.165, 1.54) is 5.56 Å². The maximum atomic E-state index is 12.6. The fourth-order valence-electron chi connectivity index (χ4n) is 4.48. The number of rotatable bonds is 4. The third kappa shape index (κ3) is 3.65. The van der Waals surface area contributed by atoms with Crippen LogP contribution < -0.4 is 10.2 Å². The molecule has 1 aromatic carbocycles. The number of likely N-dealkylation sites (N-methyl/N-ethyl adjacent to an activating group) is 1. The van der Waals surface area contributed by atoms with E-state index in [4.69, 9.17) is 5.10 Å². The Labute approximate surface area is 176 Å². The van der Waals surface area contributed by atoms with Gasteiger partial charge in [0.2, 0.25) is 5.91 Å². The Morgan fingerprint density at radius 3 is 2.53 bits per heavy atom. The summed E-state index contributed by atoms with van der Waals surface area (Å²) in [5.41, 5.74) is 4.29. The van der Waals surface area contributed by atoms with Crippen molar-refractivity contribution in [1.82, 2.24) is 25.0 Å². The third-order valence-corrected chi connectivity index (χ3v) is 6.31.